The first-order valence-electron chi connectivity index (χ1n) is 8.87. The number of aromatic nitrogens is 3. The zero-order valence-electron chi connectivity index (χ0n) is 15.0. The quantitative estimate of drug-likeness (QED) is 0.509. The number of para-hydroxylation sites is 1. The summed E-state index contributed by atoms with van der Waals surface area (Å²) in [7, 11) is 0. The van der Waals surface area contributed by atoms with Gasteiger partial charge in [0.2, 0.25) is 0 Å². The lowest BCUT2D eigenvalue weighted by molar-refractivity contribution is 0.784. The zero-order chi connectivity index (χ0) is 18.0. The van der Waals surface area contributed by atoms with E-state index in [2.05, 4.69) is 57.0 Å². The zero-order valence-corrected chi connectivity index (χ0v) is 15.0. The standard InChI is InChI=1S/C20H24N6/c1-2-21-20(22-14-13-17-9-5-3-6-10-17)23-15-19-25-24-16-26(19)18-11-7-4-8-12-18/h3-12,16H,2,13-15H2,1H3,(H2,21,22,23). The highest BCUT2D eigenvalue weighted by atomic mass is 15.3. The van der Waals surface area contributed by atoms with Crippen LogP contribution in [-0.2, 0) is 13.0 Å². The van der Waals surface area contributed by atoms with E-state index < -0.39 is 0 Å². The summed E-state index contributed by atoms with van der Waals surface area (Å²) in [5.41, 5.74) is 2.34. The molecule has 0 aliphatic carbocycles. The first-order chi connectivity index (χ1) is 12.9. The molecule has 0 saturated heterocycles. The Bertz CT molecular complexity index is 811. The lowest BCUT2D eigenvalue weighted by atomic mass is 10.1. The van der Waals surface area contributed by atoms with Gasteiger partial charge in [-0.05, 0) is 31.0 Å². The Morgan fingerprint density at radius 2 is 1.73 bits per heavy atom. The molecule has 3 rings (SSSR count). The Morgan fingerprint density at radius 3 is 2.46 bits per heavy atom. The minimum absolute atomic E-state index is 0.454. The lowest BCUT2D eigenvalue weighted by Crippen LogP contribution is -2.38. The molecule has 1 heterocycles. The molecule has 2 aromatic carbocycles. The Kier molecular flexibility index (Phi) is 6.36. The summed E-state index contributed by atoms with van der Waals surface area (Å²) >= 11 is 0. The highest BCUT2D eigenvalue weighted by molar-refractivity contribution is 5.79. The van der Waals surface area contributed by atoms with Gasteiger partial charge in [0.25, 0.3) is 0 Å². The van der Waals surface area contributed by atoms with Gasteiger partial charge in [0, 0.05) is 18.8 Å². The topological polar surface area (TPSA) is 67.1 Å². The van der Waals surface area contributed by atoms with E-state index in [1.54, 1.807) is 6.33 Å². The summed E-state index contributed by atoms with van der Waals surface area (Å²) in [4.78, 5) is 4.64. The molecule has 0 atom stereocenters. The van der Waals surface area contributed by atoms with Crippen LogP contribution in [0.1, 0.15) is 18.3 Å². The second-order valence-corrected chi connectivity index (χ2v) is 5.81. The van der Waals surface area contributed by atoms with Crippen molar-refractivity contribution in [1.29, 1.82) is 0 Å². The lowest BCUT2D eigenvalue weighted by Gasteiger charge is -2.11. The molecule has 0 aliphatic rings. The molecule has 0 aliphatic heterocycles. The summed E-state index contributed by atoms with van der Waals surface area (Å²) in [6.07, 6.45) is 2.67. The number of nitrogens with zero attached hydrogens (tertiary/aromatic N) is 4. The van der Waals surface area contributed by atoms with Crippen LogP contribution in [0.3, 0.4) is 0 Å². The van der Waals surface area contributed by atoms with Gasteiger partial charge in [-0.3, -0.25) is 4.57 Å². The molecular formula is C20H24N6. The fourth-order valence-corrected chi connectivity index (χ4v) is 2.63. The van der Waals surface area contributed by atoms with Crippen LogP contribution in [0.15, 0.2) is 72.0 Å². The second kappa shape index (κ2) is 9.36. The molecule has 0 saturated carbocycles. The third-order valence-electron chi connectivity index (χ3n) is 3.92. The molecular weight excluding hydrogens is 324 g/mol. The summed E-state index contributed by atoms with van der Waals surface area (Å²) in [6.45, 7) is 4.14. The summed E-state index contributed by atoms with van der Waals surface area (Å²) in [5.74, 6) is 1.59. The van der Waals surface area contributed by atoms with Gasteiger partial charge >= 0.3 is 0 Å². The maximum atomic E-state index is 4.64. The van der Waals surface area contributed by atoms with E-state index in [-0.39, 0.29) is 0 Å². The van der Waals surface area contributed by atoms with Crippen molar-refractivity contribution >= 4 is 5.96 Å². The molecule has 1 aromatic heterocycles. The van der Waals surface area contributed by atoms with Crippen molar-refractivity contribution in [2.45, 2.75) is 19.9 Å². The first-order valence-corrected chi connectivity index (χ1v) is 8.87. The van der Waals surface area contributed by atoms with Crippen molar-refractivity contribution in [1.82, 2.24) is 25.4 Å². The van der Waals surface area contributed by atoms with E-state index >= 15 is 0 Å². The van der Waals surface area contributed by atoms with Crippen LogP contribution in [0.25, 0.3) is 5.69 Å². The molecule has 0 unspecified atom stereocenters. The van der Waals surface area contributed by atoms with Crippen LogP contribution in [0.5, 0.6) is 0 Å². The fraction of sp³-hybridized carbons (Fsp3) is 0.250. The monoisotopic (exact) mass is 348 g/mol. The van der Waals surface area contributed by atoms with E-state index in [0.717, 1.165) is 37.0 Å². The van der Waals surface area contributed by atoms with E-state index in [4.69, 9.17) is 0 Å². The summed E-state index contributed by atoms with van der Waals surface area (Å²) < 4.78 is 1.96. The Morgan fingerprint density at radius 1 is 1.00 bits per heavy atom. The second-order valence-electron chi connectivity index (χ2n) is 5.81. The van der Waals surface area contributed by atoms with Crippen LogP contribution in [0, 0.1) is 0 Å². The minimum Gasteiger partial charge on any atom is -0.357 e. The molecule has 0 bridgehead atoms. The van der Waals surface area contributed by atoms with Gasteiger partial charge < -0.3 is 10.6 Å². The summed E-state index contributed by atoms with van der Waals surface area (Å²) in [5, 5.41) is 14.9. The van der Waals surface area contributed by atoms with E-state index in [1.807, 2.05) is 41.0 Å². The number of hydrogen-bond acceptors (Lipinski definition) is 3. The van der Waals surface area contributed by atoms with Gasteiger partial charge in [0.05, 0.1) is 0 Å². The average Bonchev–Trinajstić information content (AvgIpc) is 3.16. The molecule has 6 nitrogen and oxygen atoms in total. The highest BCUT2D eigenvalue weighted by Crippen LogP contribution is 2.09. The van der Waals surface area contributed by atoms with Gasteiger partial charge in [0.1, 0.15) is 12.9 Å². The Hall–Kier alpha value is -3.15. The number of hydrogen-bond donors (Lipinski definition) is 2. The number of guanidine groups is 1. The molecule has 0 spiro atoms. The summed E-state index contributed by atoms with van der Waals surface area (Å²) in [6, 6.07) is 20.5. The third-order valence-corrected chi connectivity index (χ3v) is 3.92. The van der Waals surface area contributed by atoms with Gasteiger partial charge in [-0.1, -0.05) is 48.5 Å². The molecule has 2 N–H and O–H groups in total. The van der Waals surface area contributed by atoms with Crippen LogP contribution in [0.4, 0.5) is 0 Å². The highest BCUT2D eigenvalue weighted by Gasteiger charge is 2.06. The smallest absolute Gasteiger partial charge is 0.191 e. The Labute approximate surface area is 154 Å². The van der Waals surface area contributed by atoms with Gasteiger partial charge in [-0.15, -0.1) is 10.2 Å². The van der Waals surface area contributed by atoms with Crippen molar-refractivity contribution in [2.24, 2.45) is 4.99 Å². The largest absolute Gasteiger partial charge is 0.357 e. The van der Waals surface area contributed by atoms with Gasteiger partial charge in [0.15, 0.2) is 11.8 Å². The molecule has 26 heavy (non-hydrogen) atoms. The number of nitrogens with one attached hydrogen (secondary N) is 2. The molecule has 3 aromatic rings. The molecule has 0 radical (unpaired) electrons. The van der Waals surface area contributed by atoms with Crippen molar-refractivity contribution in [3.8, 4) is 5.69 Å². The average molecular weight is 348 g/mol. The SMILES string of the molecule is CCNC(=NCc1nncn1-c1ccccc1)NCCc1ccccc1. The van der Waals surface area contributed by atoms with Crippen molar-refractivity contribution < 1.29 is 0 Å². The van der Waals surface area contributed by atoms with Gasteiger partial charge in [-0.25, -0.2) is 4.99 Å². The van der Waals surface area contributed by atoms with E-state index in [0.29, 0.717) is 6.54 Å². The molecule has 0 amide bonds. The van der Waals surface area contributed by atoms with Crippen molar-refractivity contribution in [3.05, 3.63) is 78.4 Å². The third kappa shape index (κ3) is 4.92. The minimum atomic E-state index is 0.454. The first kappa shape index (κ1) is 17.7. The molecule has 0 fully saturated rings. The number of rotatable bonds is 7. The maximum Gasteiger partial charge on any atom is 0.191 e. The number of benzene rings is 2. The van der Waals surface area contributed by atoms with Crippen LogP contribution in [-0.4, -0.2) is 33.8 Å². The number of aliphatic imine (C=N–C) groups is 1. The van der Waals surface area contributed by atoms with Crippen LogP contribution in [0.2, 0.25) is 0 Å². The maximum absolute atomic E-state index is 4.64. The normalized spacial score (nSPS) is 11.3. The molecule has 6 heteroatoms. The predicted molar refractivity (Wildman–Crippen MR) is 104 cm³/mol. The van der Waals surface area contributed by atoms with E-state index in [9.17, 15) is 0 Å². The van der Waals surface area contributed by atoms with Crippen molar-refractivity contribution in [2.75, 3.05) is 13.1 Å². The van der Waals surface area contributed by atoms with Crippen LogP contribution >= 0.6 is 0 Å². The molecule has 134 valence electrons. The Balaban J connectivity index is 1.62. The fourth-order valence-electron chi connectivity index (χ4n) is 2.63. The van der Waals surface area contributed by atoms with Crippen LogP contribution < -0.4 is 10.6 Å². The van der Waals surface area contributed by atoms with Gasteiger partial charge in [-0.2, -0.15) is 0 Å². The predicted octanol–water partition coefficient (Wildman–Crippen LogP) is 2.57. The van der Waals surface area contributed by atoms with Crippen molar-refractivity contribution in [3.63, 3.8) is 0 Å². The van der Waals surface area contributed by atoms with E-state index in [1.165, 1.54) is 5.56 Å².